The molecule has 0 aliphatic carbocycles. The summed E-state index contributed by atoms with van der Waals surface area (Å²) >= 11 is 6.40. The first-order valence-electron chi connectivity index (χ1n) is 10.6. The van der Waals surface area contributed by atoms with E-state index < -0.39 is 0 Å². The molecule has 0 fully saturated rings. The van der Waals surface area contributed by atoms with Crippen LogP contribution in [0.25, 0.3) is 10.9 Å². The molecular weight excluding hydrogens is 418 g/mol. The van der Waals surface area contributed by atoms with E-state index in [-0.39, 0.29) is 5.91 Å². The molecule has 4 nitrogen and oxygen atoms in total. The second kappa shape index (κ2) is 9.41. The monoisotopic (exact) mass is 443 g/mol. The lowest BCUT2D eigenvalue weighted by atomic mass is 10.0. The molecule has 1 amide bonds. The summed E-state index contributed by atoms with van der Waals surface area (Å²) in [6.07, 6.45) is 2.03. The fraction of sp³-hybridized carbons (Fsp3) is 0.185. The number of hydrogen-bond donors (Lipinski definition) is 1. The molecule has 1 heterocycles. The van der Waals surface area contributed by atoms with Gasteiger partial charge in [-0.25, -0.2) is 5.43 Å². The third kappa shape index (κ3) is 4.61. The van der Waals surface area contributed by atoms with Gasteiger partial charge < -0.3 is 4.57 Å². The first kappa shape index (κ1) is 21.8. The third-order valence-electron chi connectivity index (χ3n) is 5.88. The molecule has 0 radical (unpaired) electrons. The molecule has 32 heavy (non-hydrogen) atoms. The number of hydrazone groups is 1. The second-order valence-corrected chi connectivity index (χ2v) is 8.49. The first-order chi connectivity index (χ1) is 15.4. The molecule has 4 aromatic rings. The van der Waals surface area contributed by atoms with E-state index in [4.69, 9.17) is 11.6 Å². The van der Waals surface area contributed by atoms with Gasteiger partial charge in [-0.3, -0.25) is 4.79 Å². The lowest BCUT2D eigenvalue weighted by Gasteiger charge is -2.10. The van der Waals surface area contributed by atoms with Crippen LogP contribution in [0.3, 0.4) is 0 Å². The lowest BCUT2D eigenvalue weighted by molar-refractivity contribution is -0.120. The standard InChI is InChI=1S/C27H26ClN3O/c1-18-12-13-21(14-19(18)2)15-27(32)30-29-16-24-20(3)31(26-11-7-5-9-23(24)26)17-22-8-4-6-10-25(22)28/h4-14,16H,15,17H2,1-3H3,(H,30,32)/b29-16+. The third-order valence-corrected chi connectivity index (χ3v) is 6.25. The quantitative estimate of drug-likeness (QED) is 0.290. The minimum absolute atomic E-state index is 0.137. The minimum Gasteiger partial charge on any atom is -0.340 e. The lowest BCUT2D eigenvalue weighted by Crippen LogP contribution is -2.19. The van der Waals surface area contributed by atoms with E-state index in [1.807, 2.05) is 54.6 Å². The van der Waals surface area contributed by atoms with Crippen LogP contribution in [0.5, 0.6) is 0 Å². The van der Waals surface area contributed by atoms with Crippen LogP contribution in [-0.2, 0) is 17.8 Å². The van der Waals surface area contributed by atoms with Crippen LogP contribution in [0.2, 0.25) is 5.02 Å². The number of halogens is 1. The molecule has 162 valence electrons. The Labute approximate surface area is 193 Å². The fourth-order valence-electron chi connectivity index (χ4n) is 3.93. The Morgan fingerprint density at radius 3 is 2.53 bits per heavy atom. The van der Waals surface area contributed by atoms with Crippen LogP contribution >= 0.6 is 11.6 Å². The van der Waals surface area contributed by atoms with Gasteiger partial charge in [-0.2, -0.15) is 5.10 Å². The second-order valence-electron chi connectivity index (χ2n) is 8.08. The molecular formula is C27H26ClN3O. The maximum atomic E-state index is 12.4. The van der Waals surface area contributed by atoms with Crippen LogP contribution < -0.4 is 5.43 Å². The normalized spacial score (nSPS) is 11.4. The number of nitrogens with one attached hydrogen (secondary N) is 1. The maximum absolute atomic E-state index is 12.4. The van der Waals surface area contributed by atoms with Gasteiger partial charge in [-0.15, -0.1) is 0 Å². The SMILES string of the molecule is Cc1ccc(CC(=O)N/N=C/c2c(C)n(Cc3ccccc3Cl)c3ccccc23)cc1C. The van der Waals surface area contributed by atoms with Crippen molar-refractivity contribution < 1.29 is 4.79 Å². The van der Waals surface area contributed by atoms with Gasteiger partial charge in [-0.05, 0) is 55.2 Å². The smallest absolute Gasteiger partial charge is 0.244 e. The van der Waals surface area contributed by atoms with Crippen LogP contribution in [0.1, 0.15) is 33.5 Å². The zero-order chi connectivity index (χ0) is 22.7. The summed E-state index contributed by atoms with van der Waals surface area (Å²) < 4.78 is 2.23. The van der Waals surface area contributed by atoms with Crippen molar-refractivity contribution in [3.63, 3.8) is 0 Å². The Morgan fingerprint density at radius 1 is 1.00 bits per heavy atom. The Morgan fingerprint density at radius 2 is 1.75 bits per heavy atom. The van der Waals surface area contributed by atoms with E-state index in [0.717, 1.165) is 38.3 Å². The zero-order valence-corrected chi connectivity index (χ0v) is 19.3. The van der Waals surface area contributed by atoms with Crippen molar-refractivity contribution >= 4 is 34.6 Å². The van der Waals surface area contributed by atoms with Crippen molar-refractivity contribution in [1.82, 2.24) is 9.99 Å². The number of hydrogen-bond acceptors (Lipinski definition) is 2. The van der Waals surface area contributed by atoms with Crippen molar-refractivity contribution in [2.75, 3.05) is 0 Å². The molecule has 4 rings (SSSR count). The minimum atomic E-state index is -0.137. The van der Waals surface area contributed by atoms with Crippen molar-refractivity contribution in [3.05, 3.63) is 105 Å². The molecule has 5 heteroatoms. The zero-order valence-electron chi connectivity index (χ0n) is 18.5. The average molecular weight is 444 g/mol. The number of fused-ring (bicyclic) bond motifs is 1. The van der Waals surface area contributed by atoms with E-state index in [0.29, 0.717) is 13.0 Å². The van der Waals surface area contributed by atoms with E-state index in [2.05, 4.69) is 48.0 Å². The van der Waals surface area contributed by atoms with E-state index >= 15 is 0 Å². The molecule has 3 aromatic carbocycles. The van der Waals surface area contributed by atoms with Gasteiger partial charge >= 0.3 is 0 Å². The predicted octanol–water partition coefficient (Wildman–Crippen LogP) is 5.96. The summed E-state index contributed by atoms with van der Waals surface area (Å²) in [7, 11) is 0. The van der Waals surface area contributed by atoms with Crippen molar-refractivity contribution in [2.45, 2.75) is 33.7 Å². The van der Waals surface area contributed by atoms with Crippen molar-refractivity contribution in [1.29, 1.82) is 0 Å². The van der Waals surface area contributed by atoms with E-state index in [9.17, 15) is 4.79 Å². The van der Waals surface area contributed by atoms with Gasteiger partial charge in [0, 0.05) is 33.7 Å². The van der Waals surface area contributed by atoms with Crippen LogP contribution in [-0.4, -0.2) is 16.7 Å². The van der Waals surface area contributed by atoms with Gasteiger partial charge in [0.1, 0.15) is 0 Å². The van der Waals surface area contributed by atoms with Crippen LogP contribution in [0.4, 0.5) is 0 Å². The number of aryl methyl sites for hydroxylation is 2. The van der Waals surface area contributed by atoms with E-state index in [1.165, 1.54) is 11.1 Å². The molecule has 0 aliphatic rings. The van der Waals surface area contributed by atoms with Gasteiger partial charge in [0.25, 0.3) is 0 Å². The average Bonchev–Trinajstić information content (AvgIpc) is 3.04. The summed E-state index contributed by atoms with van der Waals surface area (Å²) in [6, 6.07) is 22.2. The molecule has 0 bridgehead atoms. The molecule has 1 aromatic heterocycles. The number of amides is 1. The van der Waals surface area contributed by atoms with Gasteiger partial charge in [0.05, 0.1) is 12.6 Å². The molecule has 1 N–H and O–H groups in total. The molecule has 0 unspecified atom stereocenters. The number of carbonyl (C=O) groups excluding carboxylic acids is 1. The highest BCUT2D eigenvalue weighted by atomic mass is 35.5. The van der Waals surface area contributed by atoms with Gasteiger partial charge in [-0.1, -0.05) is 66.2 Å². The maximum Gasteiger partial charge on any atom is 0.244 e. The number of rotatable bonds is 6. The Bertz CT molecular complexity index is 1320. The predicted molar refractivity (Wildman–Crippen MR) is 133 cm³/mol. The molecule has 0 atom stereocenters. The Kier molecular flexibility index (Phi) is 6.42. The van der Waals surface area contributed by atoms with Crippen molar-refractivity contribution in [3.8, 4) is 0 Å². The number of benzene rings is 3. The summed E-state index contributed by atoms with van der Waals surface area (Å²) in [6.45, 7) is 6.85. The first-order valence-corrected chi connectivity index (χ1v) is 11.0. The summed E-state index contributed by atoms with van der Waals surface area (Å²) in [5.41, 5.74) is 10.3. The summed E-state index contributed by atoms with van der Waals surface area (Å²) in [4.78, 5) is 12.4. The highest BCUT2D eigenvalue weighted by Gasteiger charge is 2.14. The summed E-state index contributed by atoms with van der Waals surface area (Å²) in [5.74, 6) is -0.137. The fourth-order valence-corrected chi connectivity index (χ4v) is 4.12. The van der Waals surface area contributed by atoms with Gasteiger partial charge in [0.2, 0.25) is 5.91 Å². The topological polar surface area (TPSA) is 46.4 Å². The highest BCUT2D eigenvalue weighted by molar-refractivity contribution is 6.31. The number of nitrogens with zero attached hydrogens (tertiary/aromatic N) is 2. The molecule has 0 saturated carbocycles. The van der Waals surface area contributed by atoms with Crippen LogP contribution in [0.15, 0.2) is 71.8 Å². The molecule has 0 aliphatic heterocycles. The number of aromatic nitrogens is 1. The summed E-state index contributed by atoms with van der Waals surface area (Å²) in [5, 5.41) is 6.10. The Hall–Kier alpha value is -3.37. The molecule has 0 saturated heterocycles. The highest BCUT2D eigenvalue weighted by Crippen LogP contribution is 2.27. The van der Waals surface area contributed by atoms with Crippen LogP contribution in [0, 0.1) is 20.8 Å². The molecule has 0 spiro atoms. The Balaban J connectivity index is 1.55. The number of carbonyl (C=O) groups is 1. The van der Waals surface area contributed by atoms with Gasteiger partial charge in [0.15, 0.2) is 0 Å². The van der Waals surface area contributed by atoms with E-state index in [1.54, 1.807) is 6.21 Å². The number of para-hydroxylation sites is 1. The largest absolute Gasteiger partial charge is 0.340 e. The van der Waals surface area contributed by atoms with Crippen molar-refractivity contribution in [2.24, 2.45) is 5.10 Å².